The first kappa shape index (κ1) is 23.8. The molecule has 0 unspecified atom stereocenters. The maximum atomic E-state index is 12.5. The van der Waals surface area contributed by atoms with Crippen LogP contribution in [0.1, 0.15) is 10.7 Å². The maximum Gasteiger partial charge on any atom is 0.434 e. The molecule has 0 saturated carbocycles. The Balaban J connectivity index is 0.00000364. The summed E-state index contributed by atoms with van der Waals surface area (Å²) in [5.74, 6) is 1.21. The first-order valence-electron chi connectivity index (χ1n) is 7.73. The van der Waals surface area contributed by atoms with E-state index in [1.165, 1.54) is 0 Å². The zero-order valence-electron chi connectivity index (χ0n) is 14.3. The second kappa shape index (κ2) is 11.5. The lowest BCUT2D eigenvalue weighted by Crippen LogP contribution is -2.40. The van der Waals surface area contributed by atoms with Gasteiger partial charge in [-0.25, -0.2) is 4.98 Å². The monoisotopic (exact) mass is 534 g/mol. The first-order valence-corrected chi connectivity index (χ1v) is 8.98. The highest BCUT2D eigenvalue weighted by Gasteiger charge is 2.33. The van der Waals surface area contributed by atoms with Gasteiger partial charge in [-0.2, -0.15) is 13.2 Å². The Hall–Kier alpha value is -1.27. The summed E-state index contributed by atoms with van der Waals surface area (Å²) in [5, 5.41) is 8.12. The largest absolute Gasteiger partial charge is 0.492 e. The fraction of sp³-hybridized carbons (Fsp3) is 0.375. The number of ether oxygens (including phenoxy) is 1. The van der Waals surface area contributed by atoms with Gasteiger partial charge < -0.3 is 15.4 Å². The summed E-state index contributed by atoms with van der Waals surface area (Å²) in [5.41, 5.74) is -0.849. The number of aliphatic imine (C=N–C) groups is 1. The second-order valence-electron chi connectivity index (χ2n) is 5.11. The van der Waals surface area contributed by atoms with Crippen LogP contribution in [0.4, 0.5) is 13.2 Å². The summed E-state index contributed by atoms with van der Waals surface area (Å²) in [6, 6.07) is 7.09. The van der Waals surface area contributed by atoms with Crippen LogP contribution in [0.15, 0.2) is 34.6 Å². The van der Waals surface area contributed by atoms with E-state index in [2.05, 4.69) is 20.6 Å². The number of benzene rings is 1. The molecule has 150 valence electrons. The van der Waals surface area contributed by atoms with Crippen molar-refractivity contribution in [2.45, 2.75) is 12.6 Å². The third-order valence-corrected chi connectivity index (χ3v) is 4.30. The lowest BCUT2D eigenvalue weighted by atomic mass is 10.3. The van der Waals surface area contributed by atoms with Gasteiger partial charge in [-0.3, -0.25) is 4.99 Å². The number of nitrogens with one attached hydrogen (secondary N) is 2. The van der Waals surface area contributed by atoms with Crippen LogP contribution in [0.2, 0.25) is 5.02 Å². The Labute approximate surface area is 181 Å². The number of alkyl halides is 3. The van der Waals surface area contributed by atoms with Crippen molar-refractivity contribution in [3.8, 4) is 5.75 Å². The molecule has 1 aromatic carbocycles. The minimum absolute atomic E-state index is 0. The minimum Gasteiger partial charge on any atom is -0.492 e. The van der Waals surface area contributed by atoms with Gasteiger partial charge >= 0.3 is 6.18 Å². The van der Waals surface area contributed by atoms with Crippen LogP contribution in [-0.4, -0.2) is 37.7 Å². The van der Waals surface area contributed by atoms with Crippen LogP contribution in [0.3, 0.4) is 0 Å². The molecule has 0 fully saturated rings. The van der Waals surface area contributed by atoms with Crippen molar-refractivity contribution in [1.82, 2.24) is 15.6 Å². The molecule has 0 aliphatic carbocycles. The van der Waals surface area contributed by atoms with Crippen molar-refractivity contribution in [1.29, 1.82) is 0 Å². The second-order valence-corrected chi connectivity index (χ2v) is 6.48. The van der Waals surface area contributed by atoms with Crippen molar-refractivity contribution >= 4 is 52.9 Å². The number of aromatic nitrogens is 1. The molecular formula is C16H19ClF3IN4OS. The molecule has 0 radical (unpaired) electrons. The fourth-order valence-electron chi connectivity index (χ4n) is 1.96. The van der Waals surface area contributed by atoms with Gasteiger partial charge in [-0.05, 0) is 18.2 Å². The molecule has 2 rings (SSSR count). The summed E-state index contributed by atoms with van der Waals surface area (Å²) >= 11 is 6.87. The Morgan fingerprint density at radius 2 is 2.04 bits per heavy atom. The number of guanidine groups is 1. The standard InChI is InChI=1S/C16H18ClF3N4OS.HI/c1-21-15(23-7-8-25-12-4-2-3-11(17)9-12)22-6-5-14-24-13(10-26-14)16(18,19)20;/h2-4,9-10H,5-8H2,1H3,(H2,21,22,23);1H. The predicted molar refractivity (Wildman–Crippen MR) is 113 cm³/mol. The van der Waals surface area contributed by atoms with E-state index in [4.69, 9.17) is 16.3 Å². The van der Waals surface area contributed by atoms with E-state index < -0.39 is 11.9 Å². The van der Waals surface area contributed by atoms with Crippen molar-refractivity contribution in [3.05, 3.63) is 45.4 Å². The summed E-state index contributed by atoms with van der Waals surface area (Å²) in [4.78, 5) is 7.63. The highest BCUT2D eigenvalue weighted by atomic mass is 127. The van der Waals surface area contributed by atoms with Crippen LogP contribution in [0.5, 0.6) is 5.75 Å². The van der Waals surface area contributed by atoms with E-state index in [9.17, 15) is 13.2 Å². The Morgan fingerprint density at radius 3 is 2.67 bits per heavy atom. The van der Waals surface area contributed by atoms with Crippen LogP contribution in [-0.2, 0) is 12.6 Å². The van der Waals surface area contributed by atoms with Gasteiger partial charge in [-0.1, -0.05) is 17.7 Å². The molecule has 0 aliphatic rings. The summed E-state index contributed by atoms with van der Waals surface area (Å²) in [6.45, 7) is 1.32. The molecule has 0 spiro atoms. The summed E-state index contributed by atoms with van der Waals surface area (Å²) in [7, 11) is 1.61. The van der Waals surface area contributed by atoms with E-state index in [0.29, 0.717) is 47.9 Å². The molecule has 1 aromatic heterocycles. The molecule has 5 nitrogen and oxygen atoms in total. The molecule has 0 bridgehead atoms. The highest BCUT2D eigenvalue weighted by molar-refractivity contribution is 14.0. The van der Waals surface area contributed by atoms with E-state index in [1.54, 1.807) is 25.2 Å². The van der Waals surface area contributed by atoms with Gasteiger partial charge in [-0.15, -0.1) is 35.3 Å². The third kappa shape index (κ3) is 8.52. The molecule has 0 aliphatic heterocycles. The number of halogens is 5. The quantitative estimate of drug-likeness (QED) is 0.242. The number of thiazole rings is 1. The first-order chi connectivity index (χ1) is 12.4. The smallest absolute Gasteiger partial charge is 0.434 e. The van der Waals surface area contributed by atoms with Crippen LogP contribution in [0.25, 0.3) is 0 Å². The lowest BCUT2D eigenvalue weighted by molar-refractivity contribution is -0.140. The molecule has 0 saturated heterocycles. The molecule has 0 amide bonds. The van der Waals surface area contributed by atoms with Gasteiger partial charge in [0.05, 0.1) is 11.6 Å². The Bertz CT molecular complexity index is 742. The van der Waals surface area contributed by atoms with Gasteiger partial charge in [0.1, 0.15) is 12.4 Å². The third-order valence-electron chi connectivity index (χ3n) is 3.16. The van der Waals surface area contributed by atoms with Gasteiger partial charge in [0, 0.05) is 30.4 Å². The lowest BCUT2D eigenvalue weighted by Gasteiger charge is -2.12. The van der Waals surface area contributed by atoms with Crippen LogP contribution >= 0.6 is 46.9 Å². The van der Waals surface area contributed by atoms with Crippen molar-refractivity contribution < 1.29 is 17.9 Å². The molecule has 27 heavy (non-hydrogen) atoms. The predicted octanol–water partition coefficient (Wildman–Crippen LogP) is 4.22. The van der Waals surface area contributed by atoms with Gasteiger partial charge in [0.15, 0.2) is 11.7 Å². The van der Waals surface area contributed by atoms with Gasteiger partial charge in [0.2, 0.25) is 0 Å². The molecule has 2 aromatic rings. The number of hydrogen-bond acceptors (Lipinski definition) is 4. The van der Waals surface area contributed by atoms with Crippen molar-refractivity contribution in [2.75, 3.05) is 26.7 Å². The zero-order valence-corrected chi connectivity index (χ0v) is 18.2. The highest BCUT2D eigenvalue weighted by Crippen LogP contribution is 2.29. The van der Waals surface area contributed by atoms with E-state index >= 15 is 0 Å². The normalized spacial score (nSPS) is 11.7. The maximum absolute atomic E-state index is 12.5. The van der Waals surface area contributed by atoms with Crippen LogP contribution in [0, 0.1) is 0 Å². The molecular weight excluding hydrogens is 516 g/mol. The van der Waals surface area contributed by atoms with Crippen molar-refractivity contribution in [3.63, 3.8) is 0 Å². The van der Waals surface area contributed by atoms with E-state index in [1.807, 2.05) is 6.07 Å². The van der Waals surface area contributed by atoms with Crippen LogP contribution < -0.4 is 15.4 Å². The Morgan fingerprint density at radius 1 is 1.30 bits per heavy atom. The van der Waals surface area contributed by atoms with Gasteiger partial charge in [0.25, 0.3) is 0 Å². The molecule has 2 N–H and O–H groups in total. The fourth-order valence-corrected chi connectivity index (χ4v) is 2.94. The number of nitrogens with zero attached hydrogens (tertiary/aromatic N) is 2. The molecule has 0 atom stereocenters. The summed E-state index contributed by atoms with van der Waals surface area (Å²) in [6.07, 6.45) is -4.02. The topological polar surface area (TPSA) is 58.5 Å². The minimum atomic E-state index is -4.40. The average molecular weight is 535 g/mol. The van der Waals surface area contributed by atoms with E-state index in [0.717, 1.165) is 16.7 Å². The SMILES string of the molecule is CN=C(NCCOc1cccc(Cl)c1)NCCc1nc(C(F)(F)F)cs1.I. The zero-order chi connectivity index (χ0) is 19.0. The number of hydrogen-bond donors (Lipinski definition) is 2. The van der Waals surface area contributed by atoms with E-state index in [-0.39, 0.29) is 24.0 Å². The summed E-state index contributed by atoms with van der Waals surface area (Å²) < 4.78 is 43.1. The average Bonchev–Trinajstić information content (AvgIpc) is 3.06. The van der Waals surface area contributed by atoms with Crippen molar-refractivity contribution in [2.24, 2.45) is 4.99 Å². The molecule has 1 heterocycles. The number of rotatable bonds is 7. The Kier molecular flexibility index (Phi) is 10.2. The molecule has 11 heteroatoms.